The summed E-state index contributed by atoms with van der Waals surface area (Å²) in [5.74, 6) is -1.40. The van der Waals surface area contributed by atoms with Gasteiger partial charge in [-0.2, -0.15) is 0 Å². The first-order valence-electron chi connectivity index (χ1n) is 9.32. The lowest BCUT2D eigenvalue weighted by Gasteiger charge is -2.18. The molecular formula is C21H21Cl2N3O3S. The molecular weight excluding hydrogens is 445 g/mol. The Morgan fingerprint density at radius 1 is 1.17 bits per heavy atom. The Labute approximate surface area is 188 Å². The largest absolute Gasteiger partial charge is 0.505 e. The molecule has 0 fully saturated rings. The standard InChI is InChI=1S/C21H21Cl2N3O3S/c1-3-26(4-2)10-11-5-7-12(8-6-11)20(29)25-21-15(19(24)28)13-9-14(22)17(27)16(23)18(13)30-21/h5-9,27H,3-4,10H2,1-2H3,(H2,24,28)(H,25,29). The van der Waals surface area contributed by atoms with Crippen molar-refractivity contribution in [1.29, 1.82) is 0 Å². The van der Waals surface area contributed by atoms with Crippen molar-refractivity contribution >= 4 is 61.4 Å². The Balaban J connectivity index is 1.90. The zero-order valence-electron chi connectivity index (χ0n) is 16.5. The monoisotopic (exact) mass is 465 g/mol. The molecule has 0 saturated heterocycles. The fourth-order valence-electron chi connectivity index (χ4n) is 3.13. The van der Waals surface area contributed by atoms with Gasteiger partial charge < -0.3 is 16.2 Å². The molecule has 3 aromatic rings. The third-order valence-electron chi connectivity index (χ3n) is 4.84. The van der Waals surface area contributed by atoms with Gasteiger partial charge in [0, 0.05) is 17.5 Å². The van der Waals surface area contributed by atoms with E-state index in [0.29, 0.717) is 15.6 Å². The Hall–Kier alpha value is -2.32. The third kappa shape index (κ3) is 4.39. The second kappa shape index (κ2) is 9.22. The Morgan fingerprint density at radius 2 is 1.80 bits per heavy atom. The molecule has 1 aromatic heterocycles. The molecule has 3 rings (SSSR count). The summed E-state index contributed by atoms with van der Waals surface area (Å²) >= 11 is 13.2. The van der Waals surface area contributed by atoms with Gasteiger partial charge in [-0.15, -0.1) is 11.3 Å². The van der Waals surface area contributed by atoms with Crippen molar-refractivity contribution in [2.45, 2.75) is 20.4 Å². The predicted octanol–water partition coefficient (Wildman–Crippen LogP) is 5.11. The quantitative estimate of drug-likeness (QED) is 0.451. The molecule has 9 heteroatoms. The number of rotatable bonds is 7. The molecule has 2 aromatic carbocycles. The number of nitrogens with two attached hydrogens (primary N) is 1. The minimum Gasteiger partial charge on any atom is -0.505 e. The van der Waals surface area contributed by atoms with Crippen molar-refractivity contribution in [1.82, 2.24) is 4.90 Å². The van der Waals surface area contributed by atoms with Crippen LogP contribution in [-0.4, -0.2) is 34.9 Å². The lowest BCUT2D eigenvalue weighted by molar-refractivity contribution is 0.100. The minimum absolute atomic E-state index is 0.00512. The molecule has 158 valence electrons. The maximum atomic E-state index is 12.8. The molecule has 0 aliphatic carbocycles. The van der Waals surface area contributed by atoms with Crippen LogP contribution >= 0.6 is 34.5 Å². The zero-order valence-corrected chi connectivity index (χ0v) is 18.8. The van der Waals surface area contributed by atoms with E-state index in [-0.39, 0.29) is 32.3 Å². The number of carbonyl (C=O) groups is 2. The number of amides is 2. The lowest BCUT2D eigenvalue weighted by Crippen LogP contribution is -2.22. The number of benzene rings is 2. The highest BCUT2D eigenvalue weighted by Crippen LogP contribution is 2.46. The number of aromatic hydroxyl groups is 1. The number of hydrogen-bond donors (Lipinski definition) is 3. The van der Waals surface area contributed by atoms with Crippen molar-refractivity contribution in [2.24, 2.45) is 5.73 Å². The molecule has 2 amide bonds. The zero-order chi connectivity index (χ0) is 22.0. The average Bonchev–Trinajstić information content (AvgIpc) is 3.08. The molecule has 4 N–H and O–H groups in total. The molecule has 6 nitrogen and oxygen atoms in total. The smallest absolute Gasteiger partial charge is 0.256 e. The van der Waals surface area contributed by atoms with E-state index in [1.807, 2.05) is 12.1 Å². The van der Waals surface area contributed by atoms with Crippen molar-refractivity contribution in [3.05, 3.63) is 57.1 Å². The first kappa shape index (κ1) is 22.4. The Morgan fingerprint density at radius 3 is 2.37 bits per heavy atom. The normalized spacial score (nSPS) is 11.2. The second-order valence-electron chi connectivity index (χ2n) is 6.68. The summed E-state index contributed by atoms with van der Waals surface area (Å²) in [7, 11) is 0. The number of phenols is 1. The van der Waals surface area contributed by atoms with E-state index in [0.717, 1.165) is 36.5 Å². The molecule has 0 atom stereocenters. The molecule has 0 aliphatic heterocycles. The van der Waals surface area contributed by atoms with Gasteiger partial charge in [0.2, 0.25) is 0 Å². The highest BCUT2D eigenvalue weighted by molar-refractivity contribution is 7.24. The molecule has 30 heavy (non-hydrogen) atoms. The third-order valence-corrected chi connectivity index (χ3v) is 6.75. The number of nitrogens with zero attached hydrogens (tertiary/aromatic N) is 1. The van der Waals surface area contributed by atoms with E-state index in [9.17, 15) is 14.7 Å². The van der Waals surface area contributed by atoms with Gasteiger partial charge in [0.15, 0.2) is 5.75 Å². The fraction of sp³-hybridized carbons (Fsp3) is 0.238. The topological polar surface area (TPSA) is 95.7 Å². The van der Waals surface area contributed by atoms with Gasteiger partial charge in [-0.1, -0.05) is 49.2 Å². The van der Waals surface area contributed by atoms with Crippen LogP contribution in [0.15, 0.2) is 30.3 Å². The van der Waals surface area contributed by atoms with E-state index < -0.39 is 5.91 Å². The van der Waals surface area contributed by atoms with Gasteiger partial charge in [-0.25, -0.2) is 0 Å². The van der Waals surface area contributed by atoms with Gasteiger partial charge in [0.1, 0.15) is 10.0 Å². The number of halogens is 2. The van der Waals surface area contributed by atoms with Crippen LogP contribution in [0.5, 0.6) is 5.75 Å². The van der Waals surface area contributed by atoms with Crippen LogP contribution in [0.3, 0.4) is 0 Å². The Bertz CT molecular complexity index is 1110. The second-order valence-corrected chi connectivity index (χ2v) is 8.49. The fourth-order valence-corrected chi connectivity index (χ4v) is 4.82. The van der Waals surface area contributed by atoms with Crippen molar-refractivity contribution < 1.29 is 14.7 Å². The summed E-state index contributed by atoms with van der Waals surface area (Å²) in [4.78, 5) is 27.1. The number of primary amides is 1. The first-order chi connectivity index (χ1) is 14.3. The maximum absolute atomic E-state index is 12.8. The van der Waals surface area contributed by atoms with E-state index in [2.05, 4.69) is 24.1 Å². The van der Waals surface area contributed by atoms with Gasteiger partial charge in [0.25, 0.3) is 11.8 Å². The van der Waals surface area contributed by atoms with E-state index in [1.54, 1.807) is 12.1 Å². The van der Waals surface area contributed by atoms with Crippen molar-refractivity contribution in [3.63, 3.8) is 0 Å². The van der Waals surface area contributed by atoms with E-state index in [4.69, 9.17) is 28.9 Å². The van der Waals surface area contributed by atoms with Gasteiger partial charge in [0.05, 0.1) is 15.3 Å². The number of hydrogen-bond acceptors (Lipinski definition) is 5. The van der Waals surface area contributed by atoms with Crippen LogP contribution in [0.1, 0.15) is 40.1 Å². The lowest BCUT2D eigenvalue weighted by atomic mass is 10.1. The van der Waals surface area contributed by atoms with E-state index >= 15 is 0 Å². The first-order valence-corrected chi connectivity index (χ1v) is 10.9. The minimum atomic E-state index is -0.732. The molecule has 0 saturated carbocycles. The van der Waals surface area contributed by atoms with Gasteiger partial charge in [-0.05, 0) is 36.9 Å². The van der Waals surface area contributed by atoms with Crippen LogP contribution in [0.2, 0.25) is 10.0 Å². The number of phenolic OH excluding ortho intramolecular Hbond substituents is 1. The molecule has 0 aliphatic rings. The van der Waals surface area contributed by atoms with Crippen LogP contribution in [0.25, 0.3) is 10.1 Å². The summed E-state index contributed by atoms with van der Waals surface area (Å²) in [5.41, 5.74) is 7.18. The van der Waals surface area contributed by atoms with Gasteiger partial charge in [-0.3, -0.25) is 14.5 Å². The SMILES string of the molecule is CCN(CC)Cc1ccc(C(=O)Nc2sc3c(Cl)c(O)c(Cl)cc3c2C(N)=O)cc1. The summed E-state index contributed by atoms with van der Waals surface area (Å²) in [5, 5.41) is 13.3. The molecule has 1 heterocycles. The highest BCUT2D eigenvalue weighted by atomic mass is 35.5. The maximum Gasteiger partial charge on any atom is 0.256 e. The summed E-state index contributed by atoms with van der Waals surface area (Å²) in [6, 6.07) is 8.69. The summed E-state index contributed by atoms with van der Waals surface area (Å²) in [6.07, 6.45) is 0. The Kier molecular flexibility index (Phi) is 6.88. The van der Waals surface area contributed by atoms with Crippen LogP contribution in [-0.2, 0) is 6.54 Å². The molecule has 0 bridgehead atoms. The number of carbonyl (C=O) groups excluding carboxylic acids is 2. The van der Waals surface area contributed by atoms with E-state index in [1.165, 1.54) is 6.07 Å². The predicted molar refractivity (Wildman–Crippen MR) is 123 cm³/mol. The average molecular weight is 466 g/mol. The summed E-state index contributed by atoms with van der Waals surface area (Å²) in [6.45, 7) is 6.91. The van der Waals surface area contributed by atoms with Crippen molar-refractivity contribution in [2.75, 3.05) is 18.4 Å². The molecule has 0 radical (unpaired) electrons. The van der Waals surface area contributed by atoms with Crippen LogP contribution in [0.4, 0.5) is 5.00 Å². The highest BCUT2D eigenvalue weighted by Gasteiger charge is 2.23. The number of nitrogens with one attached hydrogen (secondary N) is 1. The number of fused-ring (bicyclic) bond motifs is 1. The molecule has 0 spiro atoms. The molecule has 0 unspecified atom stereocenters. The summed E-state index contributed by atoms with van der Waals surface area (Å²) < 4.78 is 0.414. The number of thiophene rings is 1. The van der Waals surface area contributed by atoms with Crippen LogP contribution in [0, 0.1) is 0 Å². The number of anilines is 1. The van der Waals surface area contributed by atoms with Gasteiger partial charge >= 0.3 is 0 Å². The van der Waals surface area contributed by atoms with Crippen molar-refractivity contribution in [3.8, 4) is 5.75 Å². The van der Waals surface area contributed by atoms with Crippen LogP contribution < -0.4 is 11.1 Å².